The van der Waals surface area contributed by atoms with Gasteiger partial charge in [0.2, 0.25) is 0 Å². The predicted octanol–water partition coefficient (Wildman–Crippen LogP) is 4.94. The van der Waals surface area contributed by atoms with Crippen LogP contribution in [0.25, 0.3) is 9.75 Å². The summed E-state index contributed by atoms with van der Waals surface area (Å²) in [6.07, 6.45) is 1.38. The van der Waals surface area contributed by atoms with Crippen molar-refractivity contribution in [2.45, 2.75) is 31.1 Å². The summed E-state index contributed by atoms with van der Waals surface area (Å²) < 4.78 is 64.8. The molecule has 150 valence electrons. The van der Waals surface area contributed by atoms with Crippen molar-refractivity contribution in [3.05, 3.63) is 30.8 Å². The highest BCUT2D eigenvalue weighted by Crippen LogP contribution is 2.60. The Labute approximate surface area is 182 Å². The van der Waals surface area contributed by atoms with Crippen molar-refractivity contribution < 1.29 is 25.9 Å². The Kier molecular flexibility index (Phi) is 6.31. The van der Waals surface area contributed by atoms with Crippen LogP contribution in [-0.2, 0) is 25.7 Å². The van der Waals surface area contributed by atoms with Gasteiger partial charge in [-0.15, -0.1) is 22.7 Å². The molecular weight excluding hydrogens is 564 g/mol. The van der Waals surface area contributed by atoms with Gasteiger partial charge in [-0.1, -0.05) is 0 Å². The van der Waals surface area contributed by atoms with Gasteiger partial charge in [0.05, 0.1) is 19.1 Å². The van der Waals surface area contributed by atoms with Crippen molar-refractivity contribution >= 4 is 74.8 Å². The molecule has 0 aliphatic heterocycles. The second-order valence-electron chi connectivity index (χ2n) is 6.45. The quantitative estimate of drug-likeness (QED) is 0.429. The first kappa shape index (κ1) is 21.9. The summed E-state index contributed by atoms with van der Waals surface area (Å²) in [7, 11) is -8.16. The van der Waals surface area contributed by atoms with Gasteiger partial charge in [-0.3, -0.25) is 9.11 Å². The number of fused-ring (bicyclic) bond motifs is 3. The molecule has 0 saturated carbocycles. The molecule has 3 rings (SSSR count). The molecule has 2 N–H and O–H groups in total. The van der Waals surface area contributed by atoms with E-state index in [-0.39, 0.29) is 24.3 Å². The molecule has 0 amide bonds. The third-order valence-electron chi connectivity index (χ3n) is 4.65. The fraction of sp³-hybridized carbons (Fsp3) is 0.467. The van der Waals surface area contributed by atoms with Gasteiger partial charge in [-0.2, -0.15) is 16.8 Å². The Morgan fingerprint density at radius 1 is 0.815 bits per heavy atom. The molecule has 1 aliphatic carbocycles. The van der Waals surface area contributed by atoms with Crippen molar-refractivity contribution in [1.29, 1.82) is 0 Å². The van der Waals surface area contributed by atoms with E-state index in [9.17, 15) is 16.8 Å². The number of hydrogen-bond donors (Lipinski definition) is 2. The highest BCUT2D eigenvalue weighted by atomic mass is 79.9. The molecule has 0 saturated heterocycles. The first-order valence-electron chi connectivity index (χ1n) is 7.92. The van der Waals surface area contributed by atoms with Crippen LogP contribution in [0, 0.1) is 0 Å². The normalized spacial score (nSPS) is 15.7. The molecule has 0 fully saturated rings. The minimum atomic E-state index is -4.08. The zero-order chi connectivity index (χ0) is 20.0. The minimum absolute atomic E-state index is 0.241. The Bertz CT molecular complexity index is 982. The summed E-state index contributed by atoms with van der Waals surface area (Å²) >= 11 is 10.2. The molecule has 12 heteroatoms. The van der Waals surface area contributed by atoms with E-state index in [4.69, 9.17) is 9.11 Å². The molecule has 0 aromatic carbocycles. The Balaban J connectivity index is 2.02. The van der Waals surface area contributed by atoms with Crippen LogP contribution in [-0.4, -0.2) is 37.4 Å². The van der Waals surface area contributed by atoms with Crippen LogP contribution >= 0.6 is 54.5 Å². The molecule has 6 nitrogen and oxygen atoms in total. The number of halogens is 2. The van der Waals surface area contributed by atoms with E-state index in [0.717, 1.165) is 28.5 Å². The number of hydrogen-bond acceptors (Lipinski definition) is 6. The lowest BCUT2D eigenvalue weighted by molar-refractivity contribution is 0.423. The molecule has 2 aromatic heterocycles. The van der Waals surface area contributed by atoms with Crippen LogP contribution in [0.5, 0.6) is 0 Å². The second-order valence-corrected chi connectivity index (χ2v) is 14.5. The zero-order valence-electron chi connectivity index (χ0n) is 13.8. The summed E-state index contributed by atoms with van der Waals surface area (Å²) in [6.45, 7) is 0. The lowest BCUT2D eigenvalue weighted by Crippen LogP contribution is -2.27. The molecule has 0 radical (unpaired) electrons. The Hall–Kier alpha value is 0.180. The van der Waals surface area contributed by atoms with Crippen LogP contribution in [0.2, 0.25) is 0 Å². The molecular formula is C15H16Br2O6S4. The van der Waals surface area contributed by atoms with Crippen molar-refractivity contribution in [1.82, 2.24) is 0 Å². The second kappa shape index (κ2) is 7.78. The van der Waals surface area contributed by atoms with Gasteiger partial charge in [0.15, 0.2) is 0 Å². The van der Waals surface area contributed by atoms with Gasteiger partial charge >= 0.3 is 0 Å². The molecule has 2 heterocycles. The molecule has 0 spiro atoms. The standard InChI is InChI=1S/C15H16Br2O6S4/c16-11-7-9-13(24-11)14-10(8-12(17)25-14)15(9,3-1-5-26(18,19)20)4-2-6-27(21,22)23/h7-8H,1-6H2,(H,18,19,20)(H,21,22,23). The van der Waals surface area contributed by atoms with Crippen LogP contribution in [0.15, 0.2) is 19.7 Å². The third kappa shape index (κ3) is 4.85. The van der Waals surface area contributed by atoms with Crippen molar-refractivity contribution in [3.8, 4) is 9.75 Å². The summed E-state index contributed by atoms with van der Waals surface area (Å²) in [4.78, 5) is 2.18. The zero-order valence-corrected chi connectivity index (χ0v) is 20.3. The maximum atomic E-state index is 11.2. The average molecular weight is 580 g/mol. The van der Waals surface area contributed by atoms with E-state index in [1.807, 2.05) is 12.1 Å². The fourth-order valence-electron chi connectivity index (χ4n) is 3.69. The first-order valence-corrected chi connectivity index (χ1v) is 14.4. The SMILES string of the molecule is O=S(=O)(O)CCCC1(CCCS(=O)(=O)O)c2cc(Br)sc2-c2sc(Br)cc21. The van der Waals surface area contributed by atoms with Gasteiger partial charge < -0.3 is 0 Å². The summed E-state index contributed by atoms with van der Waals surface area (Å²) in [5.41, 5.74) is 1.53. The molecule has 27 heavy (non-hydrogen) atoms. The van der Waals surface area contributed by atoms with Crippen LogP contribution < -0.4 is 0 Å². The highest BCUT2D eigenvalue weighted by molar-refractivity contribution is 9.11. The molecule has 0 atom stereocenters. The van der Waals surface area contributed by atoms with E-state index in [1.165, 1.54) is 0 Å². The highest BCUT2D eigenvalue weighted by Gasteiger charge is 2.45. The summed E-state index contributed by atoms with van der Waals surface area (Å²) in [5.74, 6) is -0.706. The van der Waals surface area contributed by atoms with E-state index in [0.29, 0.717) is 12.8 Å². The van der Waals surface area contributed by atoms with Crippen molar-refractivity contribution in [2.24, 2.45) is 0 Å². The lowest BCUT2D eigenvalue weighted by Gasteiger charge is -2.31. The summed E-state index contributed by atoms with van der Waals surface area (Å²) in [5, 5.41) is 0. The minimum Gasteiger partial charge on any atom is -0.286 e. The Morgan fingerprint density at radius 3 is 1.52 bits per heavy atom. The van der Waals surface area contributed by atoms with Crippen molar-refractivity contribution in [3.63, 3.8) is 0 Å². The van der Waals surface area contributed by atoms with Gasteiger partial charge in [-0.25, -0.2) is 0 Å². The van der Waals surface area contributed by atoms with Crippen LogP contribution in [0.1, 0.15) is 36.8 Å². The molecule has 2 aromatic rings. The van der Waals surface area contributed by atoms with E-state index in [2.05, 4.69) is 31.9 Å². The summed E-state index contributed by atoms with van der Waals surface area (Å²) in [6, 6.07) is 4.00. The third-order valence-corrected chi connectivity index (χ3v) is 9.70. The maximum absolute atomic E-state index is 11.2. The average Bonchev–Trinajstić information content (AvgIpc) is 3.10. The van der Waals surface area contributed by atoms with Gasteiger partial charge in [-0.05, 0) is 80.8 Å². The van der Waals surface area contributed by atoms with Crippen LogP contribution in [0.3, 0.4) is 0 Å². The van der Waals surface area contributed by atoms with E-state index < -0.39 is 25.7 Å². The molecule has 1 aliphatic rings. The number of rotatable bonds is 8. The monoisotopic (exact) mass is 578 g/mol. The topological polar surface area (TPSA) is 109 Å². The Morgan fingerprint density at radius 2 is 1.19 bits per heavy atom. The number of thiophene rings is 2. The lowest BCUT2D eigenvalue weighted by atomic mass is 9.72. The van der Waals surface area contributed by atoms with Crippen molar-refractivity contribution in [2.75, 3.05) is 11.5 Å². The smallest absolute Gasteiger partial charge is 0.264 e. The molecule has 0 unspecified atom stereocenters. The maximum Gasteiger partial charge on any atom is 0.264 e. The van der Waals surface area contributed by atoms with E-state index in [1.54, 1.807) is 22.7 Å². The largest absolute Gasteiger partial charge is 0.286 e. The van der Waals surface area contributed by atoms with Gasteiger partial charge in [0, 0.05) is 15.2 Å². The predicted molar refractivity (Wildman–Crippen MR) is 115 cm³/mol. The van der Waals surface area contributed by atoms with Gasteiger partial charge in [0.1, 0.15) is 0 Å². The first-order chi connectivity index (χ1) is 12.4. The van der Waals surface area contributed by atoms with E-state index >= 15 is 0 Å². The van der Waals surface area contributed by atoms with Gasteiger partial charge in [0.25, 0.3) is 20.2 Å². The fourth-order valence-corrected chi connectivity index (χ4v) is 8.27. The van der Waals surface area contributed by atoms with Crippen LogP contribution in [0.4, 0.5) is 0 Å². The molecule has 0 bridgehead atoms.